The van der Waals surface area contributed by atoms with E-state index in [0.717, 1.165) is 14.8 Å². The quantitative estimate of drug-likeness (QED) is 0.766. The first-order chi connectivity index (χ1) is 7.72. The van der Waals surface area contributed by atoms with E-state index in [1.807, 2.05) is 24.4 Å². The zero-order valence-corrected chi connectivity index (χ0v) is 10.8. The average molecular weight is 267 g/mol. The topological polar surface area (TPSA) is 36.7 Å². The van der Waals surface area contributed by atoms with Gasteiger partial charge in [-0.05, 0) is 18.4 Å². The number of allylic oxidation sites excluding steroid dienone is 1. The number of thiazole rings is 1. The zero-order valence-electron chi connectivity index (χ0n) is 8.40. The van der Waals surface area contributed by atoms with Gasteiger partial charge < -0.3 is 0 Å². The molecular formula is C11H7ClN2S2. The van der Waals surface area contributed by atoms with Crippen LogP contribution in [-0.2, 0) is 0 Å². The van der Waals surface area contributed by atoms with Crippen LogP contribution >= 0.6 is 34.3 Å². The summed E-state index contributed by atoms with van der Waals surface area (Å²) in [6.07, 6.45) is 1.70. The van der Waals surface area contributed by atoms with Gasteiger partial charge in [-0.3, -0.25) is 0 Å². The Morgan fingerprint density at radius 1 is 1.50 bits per heavy atom. The van der Waals surface area contributed by atoms with E-state index < -0.39 is 0 Å². The van der Waals surface area contributed by atoms with Crippen molar-refractivity contribution in [3.63, 3.8) is 0 Å². The van der Waals surface area contributed by atoms with Crippen LogP contribution in [0.25, 0.3) is 10.6 Å². The molecule has 0 spiro atoms. The summed E-state index contributed by atoms with van der Waals surface area (Å²) in [6, 6.07) is 5.94. The predicted molar refractivity (Wildman–Crippen MR) is 69.5 cm³/mol. The van der Waals surface area contributed by atoms with Gasteiger partial charge in [-0.25, -0.2) is 4.98 Å². The summed E-state index contributed by atoms with van der Waals surface area (Å²) in [5.74, 6) is 0. The van der Waals surface area contributed by atoms with Crippen LogP contribution in [0.4, 0.5) is 0 Å². The van der Waals surface area contributed by atoms with Gasteiger partial charge in [0, 0.05) is 11.1 Å². The molecule has 0 fully saturated rings. The number of halogens is 1. The maximum absolute atomic E-state index is 9.13. The average Bonchev–Trinajstić information content (AvgIpc) is 2.90. The molecule has 0 aromatic carbocycles. The molecule has 0 amide bonds. The van der Waals surface area contributed by atoms with Crippen molar-refractivity contribution in [1.29, 1.82) is 5.26 Å². The molecule has 0 aliphatic rings. The molecule has 2 nitrogen and oxygen atoms in total. The second-order valence-corrected chi connectivity index (χ2v) is 5.58. The predicted octanol–water partition coefficient (Wildman–Crippen LogP) is 4.14. The second kappa shape index (κ2) is 4.79. The monoisotopic (exact) mass is 266 g/mol. The van der Waals surface area contributed by atoms with Crippen molar-refractivity contribution in [2.24, 2.45) is 0 Å². The van der Waals surface area contributed by atoms with Crippen LogP contribution in [0.1, 0.15) is 14.8 Å². The number of hydrogen-bond acceptors (Lipinski definition) is 4. The Morgan fingerprint density at radius 3 is 2.81 bits per heavy atom. The first kappa shape index (κ1) is 11.3. The highest BCUT2D eigenvalue weighted by molar-refractivity contribution is 7.14. The molecule has 0 radical (unpaired) electrons. The Balaban J connectivity index is 2.51. The van der Waals surface area contributed by atoms with Crippen LogP contribution in [0.5, 0.6) is 0 Å². The molecule has 0 saturated heterocycles. The van der Waals surface area contributed by atoms with Crippen LogP contribution in [-0.4, -0.2) is 4.98 Å². The number of nitrogens with zero attached hydrogens (tertiary/aromatic N) is 2. The molecule has 0 unspecified atom stereocenters. The van der Waals surface area contributed by atoms with Gasteiger partial charge in [0.15, 0.2) is 0 Å². The summed E-state index contributed by atoms with van der Waals surface area (Å²) < 4.78 is 0. The lowest BCUT2D eigenvalue weighted by Gasteiger charge is -1.97. The van der Waals surface area contributed by atoms with Crippen LogP contribution in [0.15, 0.2) is 23.7 Å². The Bertz CT molecular complexity index is 561. The first-order valence-electron chi connectivity index (χ1n) is 4.49. The van der Waals surface area contributed by atoms with E-state index in [-0.39, 0.29) is 0 Å². The van der Waals surface area contributed by atoms with Gasteiger partial charge in [0.1, 0.15) is 6.07 Å². The summed E-state index contributed by atoms with van der Waals surface area (Å²) >= 11 is 9.21. The van der Waals surface area contributed by atoms with Crippen LogP contribution in [0.2, 0.25) is 0 Å². The normalized spacial score (nSPS) is 12.1. The fourth-order valence-electron chi connectivity index (χ4n) is 1.22. The van der Waals surface area contributed by atoms with Gasteiger partial charge in [0.05, 0.1) is 20.5 Å². The second-order valence-electron chi connectivity index (χ2n) is 3.02. The lowest BCUT2D eigenvalue weighted by molar-refractivity contribution is 1.30. The molecule has 0 aliphatic carbocycles. The minimum Gasteiger partial charge on any atom is -0.249 e. The number of hydrogen-bond donors (Lipinski definition) is 0. The number of aromatic nitrogens is 1. The maximum atomic E-state index is 9.13. The largest absolute Gasteiger partial charge is 0.249 e. The molecule has 0 saturated carbocycles. The third kappa shape index (κ3) is 2.17. The highest BCUT2D eigenvalue weighted by Gasteiger charge is 2.12. The third-order valence-corrected chi connectivity index (χ3v) is 4.26. The van der Waals surface area contributed by atoms with Crippen LogP contribution in [0, 0.1) is 18.3 Å². The molecule has 0 bridgehead atoms. The molecule has 16 heavy (non-hydrogen) atoms. The molecule has 0 N–H and O–H groups in total. The van der Waals surface area contributed by atoms with Gasteiger partial charge in [0.2, 0.25) is 0 Å². The van der Waals surface area contributed by atoms with E-state index in [0.29, 0.717) is 10.6 Å². The molecule has 0 aliphatic heterocycles. The van der Waals surface area contributed by atoms with E-state index >= 15 is 0 Å². The number of rotatable bonds is 2. The maximum Gasteiger partial charge on any atom is 0.102 e. The Labute approximate surface area is 106 Å². The number of thiophene rings is 1. The van der Waals surface area contributed by atoms with Crippen molar-refractivity contribution >= 4 is 44.9 Å². The molecule has 80 valence electrons. The summed E-state index contributed by atoms with van der Waals surface area (Å²) in [4.78, 5) is 5.85. The van der Waals surface area contributed by atoms with E-state index in [1.54, 1.807) is 6.20 Å². The fraction of sp³-hybridized carbons (Fsp3) is 0.0909. The third-order valence-electron chi connectivity index (χ3n) is 1.94. The molecule has 0 atom stereocenters. The highest BCUT2D eigenvalue weighted by atomic mass is 35.5. The van der Waals surface area contributed by atoms with E-state index in [2.05, 4.69) is 11.1 Å². The van der Waals surface area contributed by atoms with Gasteiger partial charge in [-0.1, -0.05) is 17.7 Å². The van der Waals surface area contributed by atoms with Crippen molar-refractivity contribution in [1.82, 2.24) is 4.98 Å². The standard InChI is InChI=1S/C11H7ClN2S2/c1-7-14-6-10(16-7)11(12)8(5-13)9-3-2-4-15-9/h2-4,6H,1H3/b11-8+. The smallest absolute Gasteiger partial charge is 0.102 e. The van der Waals surface area contributed by atoms with E-state index in [1.165, 1.54) is 22.7 Å². The van der Waals surface area contributed by atoms with Gasteiger partial charge in [0.25, 0.3) is 0 Å². The Hall–Kier alpha value is -1.15. The summed E-state index contributed by atoms with van der Waals surface area (Å²) in [5.41, 5.74) is 0.514. The summed E-state index contributed by atoms with van der Waals surface area (Å²) in [5, 5.41) is 12.5. The zero-order chi connectivity index (χ0) is 11.5. The first-order valence-corrected chi connectivity index (χ1v) is 6.56. The van der Waals surface area contributed by atoms with E-state index in [4.69, 9.17) is 16.9 Å². The summed E-state index contributed by atoms with van der Waals surface area (Å²) in [7, 11) is 0. The number of aryl methyl sites for hydroxylation is 1. The fourth-order valence-corrected chi connectivity index (χ4v) is 3.03. The van der Waals surface area contributed by atoms with Gasteiger partial charge in [-0.15, -0.1) is 22.7 Å². The summed E-state index contributed by atoms with van der Waals surface area (Å²) in [6.45, 7) is 1.91. The highest BCUT2D eigenvalue weighted by Crippen LogP contribution is 2.33. The van der Waals surface area contributed by atoms with Crippen molar-refractivity contribution in [3.05, 3.63) is 38.5 Å². The van der Waals surface area contributed by atoms with Crippen molar-refractivity contribution in [3.8, 4) is 6.07 Å². The molecular weight excluding hydrogens is 260 g/mol. The van der Waals surface area contributed by atoms with Crippen LogP contribution in [0.3, 0.4) is 0 Å². The van der Waals surface area contributed by atoms with Gasteiger partial charge in [-0.2, -0.15) is 5.26 Å². The Kier molecular flexibility index (Phi) is 3.39. The van der Waals surface area contributed by atoms with Crippen molar-refractivity contribution in [2.45, 2.75) is 6.92 Å². The Morgan fingerprint density at radius 2 is 2.31 bits per heavy atom. The number of nitriles is 1. The molecule has 2 aromatic rings. The van der Waals surface area contributed by atoms with E-state index in [9.17, 15) is 0 Å². The van der Waals surface area contributed by atoms with Gasteiger partial charge >= 0.3 is 0 Å². The lowest BCUT2D eigenvalue weighted by Crippen LogP contribution is -1.79. The SMILES string of the molecule is Cc1ncc(/C(Cl)=C(/C#N)c2cccs2)s1. The van der Waals surface area contributed by atoms with Crippen molar-refractivity contribution in [2.75, 3.05) is 0 Å². The molecule has 2 rings (SSSR count). The minimum absolute atomic E-state index is 0.482. The lowest BCUT2D eigenvalue weighted by atomic mass is 10.2. The minimum atomic E-state index is 0.482. The molecule has 5 heteroatoms. The molecule has 2 aromatic heterocycles. The van der Waals surface area contributed by atoms with Crippen molar-refractivity contribution < 1.29 is 0 Å². The van der Waals surface area contributed by atoms with Crippen LogP contribution < -0.4 is 0 Å². The molecule has 2 heterocycles.